The number of aromatic nitrogens is 2. The van der Waals surface area contributed by atoms with E-state index in [4.69, 9.17) is 9.47 Å². The van der Waals surface area contributed by atoms with Crippen LogP contribution < -0.4 is 5.32 Å². The van der Waals surface area contributed by atoms with Crippen LogP contribution in [-0.4, -0.2) is 41.7 Å². The Hall–Kier alpha value is -0.910. The fourth-order valence-electron chi connectivity index (χ4n) is 2.74. The Bertz CT molecular complexity index is 405. The molecule has 1 aromatic rings. The molecule has 108 valence electrons. The molecule has 0 spiro atoms. The van der Waals surface area contributed by atoms with E-state index in [1.807, 2.05) is 18.7 Å². The van der Waals surface area contributed by atoms with Gasteiger partial charge in [-0.3, -0.25) is 4.68 Å². The standard InChI is InChI=1S/C14H25N3O2/c1-5-11-10(9-17(3)16-11)8-15-12-7-13(19-6-2)14(12)18-4/h9,12-15H,5-8H2,1-4H3. The van der Waals surface area contributed by atoms with E-state index in [0.29, 0.717) is 6.04 Å². The van der Waals surface area contributed by atoms with Gasteiger partial charge in [0.05, 0.1) is 17.9 Å². The van der Waals surface area contributed by atoms with E-state index in [0.717, 1.165) is 26.0 Å². The number of ether oxygens (including phenoxy) is 2. The molecule has 3 unspecified atom stereocenters. The van der Waals surface area contributed by atoms with Gasteiger partial charge in [-0.05, 0) is 19.8 Å². The molecule has 0 saturated heterocycles. The minimum absolute atomic E-state index is 0.168. The zero-order valence-electron chi connectivity index (χ0n) is 12.3. The van der Waals surface area contributed by atoms with Crippen molar-refractivity contribution in [2.24, 2.45) is 7.05 Å². The van der Waals surface area contributed by atoms with Crippen LogP contribution in [0.4, 0.5) is 0 Å². The average molecular weight is 267 g/mol. The zero-order chi connectivity index (χ0) is 13.8. The average Bonchev–Trinajstić information content (AvgIpc) is 2.73. The predicted molar refractivity (Wildman–Crippen MR) is 74.0 cm³/mol. The topological polar surface area (TPSA) is 48.3 Å². The fourth-order valence-corrected chi connectivity index (χ4v) is 2.74. The smallest absolute Gasteiger partial charge is 0.0986 e. The first-order valence-corrected chi connectivity index (χ1v) is 7.08. The predicted octanol–water partition coefficient (Wildman–Crippen LogP) is 1.26. The van der Waals surface area contributed by atoms with E-state index in [1.165, 1.54) is 11.3 Å². The lowest BCUT2D eigenvalue weighted by molar-refractivity contribution is -0.131. The van der Waals surface area contributed by atoms with Crippen LogP contribution in [0.25, 0.3) is 0 Å². The number of hydrogen-bond acceptors (Lipinski definition) is 4. The normalized spacial score (nSPS) is 26.4. The SMILES string of the molecule is CCOC1CC(NCc2cn(C)nc2CC)C1OC. The van der Waals surface area contributed by atoms with Gasteiger partial charge in [0.2, 0.25) is 0 Å². The van der Waals surface area contributed by atoms with Crippen LogP contribution >= 0.6 is 0 Å². The van der Waals surface area contributed by atoms with Crippen molar-refractivity contribution in [3.05, 3.63) is 17.5 Å². The van der Waals surface area contributed by atoms with E-state index >= 15 is 0 Å². The summed E-state index contributed by atoms with van der Waals surface area (Å²) in [4.78, 5) is 0. The second-order valence-electron chi connectivity index (χ2n) is 5.05. The molecule has 0 amide bonds. The molecule has 1 aliphatic carbocycles. The summed E-state index contributed by atoms with van der Waals surface area (Å²) in [7, 11) is 3.72. The van der Waals surface area contributed by atoms with Crippen molar-refractivity contribution in [2.75, 3.05) is 13.7 Å². The van der Waals surface area contributed by atoms with Gasteiger partial charge in [-0.25, -0.2) is 0 Å². The van der Waals surface area contributed by atoms with Crippen LogP contribution in [0.3, 0.4) is 0 Å². The largest absolute Gasteiger partial charge is 0.377 e. The highest BCUT2D eigenvalue weighted by Crippen LogP contribution is 2.27. The molecule has 0 bridgehead atoms. The maximum absolute atomic E-state index is 5.63. The monoisotopic (exact) mass is 267 g/mol. The summed E-state index contributed by atoms with van der Waals surface area (Å²) >= 11 is 0. The van der Waals surface area contributed by atoms with Crippen LogP contribution in [0.5, 0.6) is 0 Å². The van der Waals surface area contributed by atoms with Gasteiger partial charge in [0, 0.05) is 45.1 Å². The Balaban J connectivity index is 1.86. The van der Waals surface area contributed by atoms with Crippen molar-refractivity contribution in [1.29, 1.82) is 0 Å². The Labute approximate surface area is 115 Å². The first kappa shape index (κ1) is 14.5. The summed E-state index contributed by atoms with van der Waals surface area (Å²) in [6, 6.07) is 0.381. The number of hydrogen-bond donors (Lipinski definition) is 1. The molecule has 3 atom stereocenters. The second kappa shape index (κ2) is 6.50. The number of nitrogens with one attached hydrogen (secondary N) is 1. The minimum Gasteiger partial charge on any atom is -0.377 e. The Kier molecular flexibility index (Phi) is 4.96. The van der Waals surface area contributed by atoms with Gasteiger partial charge in [-0.2, -0.15) is 5.10 Å². The van der Waals surface area contributed by atoms with Gasteiger partial charge in [0.25, 0.3) is 0 Å². The molecule has 1 fully saturated rings. The molecule has 1 N–H and O–H groups in total. The number of methoxy groups -OCH3 is 1. The molecule has 1 aromatic heterocycles. The lowest BCUT2D eigenvalue weighted by Crippen LogP contribution is -2.59. The van der Waals surface area contributed by atoms with Crippen LogP contribution in [-0.2, 0) is 29.5 Å². The third-order valence-corrected chi connectivity index (χ3v) is 3.78. The van der Waals surface area contributed by atoms with Gasteiger partial charge in [-0.1, -0.05) is 6.92 Å². The summed E-state index contributed by atoms with van der Waals surface area (Å²) in [6.07, 6.45) is 4.49. The zero-order valence-corrected chi connectivity index (χ0v) is 12.3. The van der Waals surface area contributed by atoms with Gasteiger partial charge in [-0.15, -0.1) is 0 Å². The van der Waals surface area contributed by atoms with Gasteiger partial charge in [0.15, 0.2) is 0 Å². The lowest BCUT2D eigenvalue weighted by Gasteiger charge is -2.43. The van der Waals surface area contributed by atoms with Crippen LogP contribution in [0, 0.1) is 0 Å². The summed E-state index contributed by atoms with van der Waals surface area (Å²) < 4.78 is 13.0. The molecule has 1 aliphatic rings. The van der Waals surface area contributed by atoms with E-state index in [2.05, 4.69) is 23.5 Å². The summed E-state index contributed by atoms with van der Waals surface area (Å²) in [6.45, 7) is 5.76. The first-order chi connectivity index (χ1) is 9.19. The highest BCUT2D eigenvalue weighted by atomic mass is 16.5. The molecule has 1 heterocycles. The Morgan fingerprint density at radius 2 is 2.26 bits per heavy atom. The van der Waals surface area contributed by atoms with Crippen molar-refractivity contribution in [3.8, 4) is 0 Å². The van der Waals surface area contributed by atoms with Gasteiger partial charge >= 0.3 is 0 Å². The summed E-state index contributed by atoms with van der Waals surface area (Å²) in [5.74, 6) is 0. The number of rotatable bonds is 7. The number of nitrogens with zero attached hydrogens (tertiary/aromatic N) is 2. The molecule has 2 rings (SSSR count). The minimum atomic E-state index is 0.168. The first-order valence-electron chi connectivity index (χ1n) is 7.08. The third kappa shape index (κ3) is 3.16. The van der Waals surface area contributed by atoms with Crippen molar-refractivity contribution in [2.45, 2.75) is 51.5 Å². The van der Waals surface area contributed by atoms with E-state index in [1.54, 1.807) is 7.11 Å². The van der Waals surface area contributed by atoms with Gasteiger partial charge < -0.3 is 14.8 Å². The molecule has 5 heteroatoms. The highest BCUT2D eigenvalue weighted by Gasteiger charge is 2.41. The van der Waals surface area contributed by atoms with Crippen molar-refractivity contribution < 1.29 is 9.47 Å². The summed E-state index contributed by atoms with van der Waals surface area (Å²) in [5.41, 5.74) is 2.45. The Morgan fingerprint density at radius 3 is 2.89 bits per heavy atom. The van der Waals surface area contributed by atoms with Crippen LogP contribution in [0.1, 0.15) is 31.5 Å². The van der Waals surface area contributed by atoms with Crippen molar-refractivity contribution in [1.82, 2.24) is 15.1 Å². The molecule has 1 saturated carbocycles. The summed E-state index contributed by atoms with van der Waals surface area (Å²) in [5, 5.41) is 8.01. The molecule has 19 heavy (non-hydrogen) atoms. The Morgan fingerprint density at radius 1 is 1.47 bits per heavy atom. The fraction of sp³-hybridized carbons (Fsp3) is 0.786. The molecular weight excluding hydrogens is 242 g/mol. The van der Waals surface area contributed by atoms with E-state index in [9.17, 15) is 0 Å². The maximum Gasteiger partial charge on any atom is 0.0986 e. The maximum atomic E-state index is 5.63. The highest BCUT2D eigenvalue weighted by molar-refractivity contribution is 5.17. The molecule has 0 aromatic carbocycles. The quantitative estimate of drug-likeness (QED) is 0.808. The van der Waals surface area contributed by atoms with Gasteiger partial charge in [0.1, 0.15) is 0 Å². The van der Waals surface area contributed by atoms with Crippen LogP contribution in [0.2, 0.25) is 0 Å². The number of aryl methyl sites for hydroxylation is 2. The van der Waals surface area contributed by atoms with E-state index < -0.39 is 0 Å². The van der Waals surface area contributed by atoms with E-state index in [-0.39, 0.29) is 12.2 Å². The molecule has 0 radical (unpaired) electrons. The molecule has 5 nitrogen and oxygen atoms in total. The van der Waals surface area contributed by atoms with Crippen LogP contribution in [0.15, 0.2) is 6.20 Å². The second-order valence-corrected chi connectivity index (χ2v) is 5.05. The molecule has 0 aliphatic heterocycles. The lowest BCUT2D eigenvalue weighted by atomic mass is 9.85. The third-order valence-electron chi connectivity index (χ3n) is 3.78. The van der Waals surface area contributed by atoms with Crippen molar-refractivity contribution in [3.63, 3.8) is 0 Å². The molecular formula is C14H25N3O2. The van der Waals surface area contributed by atoms with Crippen molar-refractivity contribution >= 4 is 0 Å².